The number of nitrogens with two attached hydrogens (primary N) is 1. The van der Waals surface area contributed by atoms with E-state index >= 15 is 0 Å². The molecule has 17 heavy (non-hydrogen) atoms. The average Bonchev–Trinajstić information content (AvgIpc) is 2.72. The molecule has 1 heterocycles. The standard InChI is InChI=1S/C12H16N2OS.ClH/c1-8(6-13)12(15)14-10-7-16-11-5-3-2-4-9(10)11;/h2-5,8,10H,6-7,13H2,1H3,(H,14,15);1H. The molecule has 94 valence electrons. The van der Waals surface area contributed by atoms with E-state index in [-0.39, 0.29) is 30.3 Å². The lowest BCUT2D eigenvalue weighted by Crippen LogP contribution is -2.36. The summed E-state index contributed by atoms with van der Waals surface area (Å²) < 4.78 is 0. The predicted octanol–water partition coefficient (Wildman–Crippen LogP) is 1.97. The Kier molecular flexibility index (Phi) is 5.31. The van der Waals surface area contributed by atoms with Crippen LogP contribution in [0.3, 0.4) is 0 Å². The van der Waals surface area contributed by atoms with Crippen LogP contribution in [0.2, 0.25) is 0 Å². The fourth-order valence-electron chi connectivity index (χ4n) is 1.70. The van der Waals surface area contributed by atoms with Gasteiger partial charge in [0, 0.05) is 23.1 Å². The third-order valence-corrected chi connectivity index (χ3v) is 4.00. The molecule has 0 radical (unpaired) electrons. The summed E-state index contributed by atoms with van der Waals surface area (Å²) in [6.45, 7) is 2.25. The van der Waals surface area contributed by atoms with Gasteiger partial charge in [0.15, 0.2) is 0 Å². The SMILES string of the molecule is CC(CN)C(=O)NC1CSc2ccccc21.Cl. The van der Waals surface area contributed by atoms with Gasteiger partial charge >= 0.3 is 0 Å². The molecule has 1 aromatic rings. The molecule has 2 unspecified atom stereocenters. The van der Waals surface area contributed by atoms with Crippen molar-refractivity contribution in [1.82, 2.24) is 5.32 Å². The number of halogens is 1. The normalized spacial score (nSPS) is 19.1. The molecule has 2 rings (SSSR count). The van der Waals surface area contributed by atoms with Crippen molar-refractivity contribution in [1.29, 1.82) is 0 Å². The van der Waals surface area contributed by atoms with Crippen LogP contribution in [0.4, 0.5) is 0 Å². The predicted molar refractivity (Wildman–Crippen MR) is 73.5 cm³/mol. The van der Waals surface area contributed by atoms with Crippen LogP contribution in [-0.4, -0.2) is 18.2 Å². The van der Waals surface area contributed by atoms with Crippen LogP contribution in [0.1, 0.15) is 18.5 Å². The summed E-state index contributed by atoms with van der Waals surface area (Å²) in [7, 11) is 0. The van der Waals surface area contributed by atoms with Crippen molar-refractivity contribution in [2.75, 3.05) is 12.3 Å². The monoisotopic (exact) mass is 272 g/mol. The van der Waals surface area contributed by atoms with E-state index in [4.69, 9.17) is 5.73 Å². The molecule has 0 aromatic heterocycles. The number of rotatable bonds is 3. The molecule has 1 amide bonds. The Morgan fingerprint density at radius 1 is 1.59 bits per heavy atom. The number of hydrogen-bond acceptors (Lipinski definition) is 3. The van der Waals surface area contributed by atoms with Gasteiger partial charge in [-0.2, -0.15) is 0 Å². The smallest absolute Gasteiger partial charge is 0.224 e. The number of amides is 1. The molecule has 1 aromatic carbocycles. The summed E-state index contributed by atoms with van der Waals surface area (Å²) in [5, 5.41) is 3.05. The van der Waals surface area contributed by atoms with Gasteiger partial charge in [0.1, 0.15) is 0 Å². The quantitative estimate of drug-likeness (QED) is 0.885. The molecule has 0 spiro atoms. The second-order valence-electron chi connectivity index (χ2n) is 4.05. The van der Waals surface area contributed by atoms with Crippen molar-refractivity contribution in [3.05, 3.63) is 29.8 Å². The van der Waals surface area contributed by atoms with Crippen LogP contribution in [0, 0.1) is 5.92 Å². The number of thioether (sulfide) groups is 1. The molecule has 1 aliphatic heterocycles. The van der Waals surface area contributed by atoms with Crippen LogP contribution < -0.4 is 11.1 Å². The van der Waals surface area contributed by atoms with Gasteiger partial charge in [-0.1, -0.05) is 25.1 Å². The molecule has 3 nitrogen and oxygen atoms in total. The number of carbonyl (C=O) groups is 1. The van der Waals surface area contributed by atoms with Gasteiger partial charge in [0.25, 0.3) is 0 Å². The van der Waals surface area contributed by atoms with Crippen LogP contribution in [0.5, 0.6) is 0 Å². The Morgan fingerprint density at radius 2 is 2.29 bits per heavy atom. The van der Waals surface area contributed by atoms with Crippen LogP contribution in [-0.2, 0) is 4.79 Å². The Hall–Kier alpha value is -0.710. The van der Waals surface area contributed by atoms with Crippen molar-refractivity contribution < 1.29 is 4.79 Å². The van der Waals surface area contributed by atoms with E-state index in [1.165, 1.54) is 10.5 Å². The van der Waals surface area contributed by atoms with Gasteiger partial charge in [-0.3, -0.25) is 4.79 Å². The molecule has 0 aliphatic carbocycles. The van der Waals surface area contributed by atoms with Gasteiger partial charge < -0.3 is 11.1 Å². The maximum absolute atomic E-state index is 11.7. The average molecular weight is 273 g/mol. The molecule has 0 bridgehead atoms. The van der Waals surface area contributed by atoms with Crippen LogP contribution in [0.25, 0.3) is 0 Å². The topological polar surface area (TPSA) is 55.1 Å². The molecular weight excluding hydrogens is 256 g/mol. The highest BCUT2D eigenvalue weighted by Crippen LogP contribution is 2.37. The minimum Gasteiger partial charge on any atom is -0.348 e. The summed E-state index contributed by atoms with van der Waals surface area (Å²) in [6, 6.07) is 8.35. The minimum atomic E-state index is -0.113. The first kappa shape index (κ1) is 14.4. The summed E-state index contributed by atoms with van der Waals surface area (Å²) in [5.41, 5.74) is 6.70. The van der Waals surface area contributed by atoms with Gasteiger partial charge in [-0.05, 0) is 11.6 Å². The zero-order valence-electron chi connectivity index (χ0n) is 9.68. The minimum absolute atomic E-state index is 0. The third-order valence-electron chi connectivity index (χ3n) is 2.82. The van der Waals surface area contributed by atoms with Gasteiger partial charge in [-0.25, -0.2) is 0 Å². The summed E-state index contributed by atoms with van der Waals surface area (Å²) in [4.78, 5) is 13.0. The molecule has 0 fully saturated rings. The van der Waals surface area contributed by atoms with Gasteiger partial charge in [0.2, 0.25) is 5.91 Å². The summed E-state index contributed by atoms with van der Waals surface area (Å²) in [6.07, 6.45) is 0. The van der Waals surface area contributed by atoms with E-state index in [1.54, 1.807) is 11.8 Å². The first-order chi connectivity index (χ1) is 7.72. The number of fused-ring (bicyclic) bond motifs is 1. The molecule has 1 aliphatic rings. The van der Waals surface area contributed by atoms with Gasteiger partial charge in [-0.15, -0.1) is 24.2 Å². The highest BCUT2D eigenvalue weighted by molar-refractivity contribution is 7.99. The maximum atomic E-state index is 11.7. The Morgan fingerprint density at radius 3 is 3.00 bits per heavy atom. The number of carbonyl (C=O) groups excluding carboxylic acids is 1. The van der Waals surface area contributed by atoms with Crippen molar-refractivity contribution in [2.24, 2.45) is 11.7 Å². The van der Waals surface area contributed by atoms with Crippen molar-refractivity contribution in [3.63, 3.8) is 0 Å². The zero-order valence-corrected chi connectivity index (χ0v) is 11.3. The zero-order chi connectivity index (χ0) is 11.5. The van der Waals surface area contributed by atoms with E-state index in [0.29, 0.717) is 6.54 Å². The van der Waals surface area contributed by atoms with Crippen molar-refractivity contribution in [2.45, 2.75) is 17.9 Å². The lowest BCUT2D eigenvalue weighted by molar-refractivity contribution is -0.124. The highest BCUT2D eigenvalue weighted by atomic mass is 35.5. The molecular formula is C12H17ClN2OS. The van der Waals surface area contributed by atoms with E-state index in [2.05, 4.69) is 17.4 Å². The van der Waals surface area contributed by atoms with E-state index in [9.17, 15) is 4.79 Å². The number of nitrogens with one attached hydrogen (secondary N) is 1. The highest BCUT2D eigenvalue weighted by Gasteiger charge is 2.25. The van der Waals surface area contributed by atoms with Gasteiger partial charge in [0.05, 0.1) is 6.04 Å². The van der Waals surface area contributed by atoms with E-state index in [1.807, 2.05) is 19.1 Å². The molecule has 0 saturated heterocycles. The maximum Gasteiger partial charge on any atom is 0.224 e. The lowest BCUT2D eigenvalue weighted by atomic mass is 10.1. The molecule has 2 atom stereocenters. The third kappa shape index (κ3) is 3.15. The lowest BCUT2D eigenvalue weighted by Gasteiger charge is -2.16. The number of benzene rings is 1. The summed E-state index contributed by atoms with van der Waals surface area (Å²) >= 11 is 1.79. The Balaban J connectivity index is 0.00000144. The van der Waals surface area contributed by atoms with E-state index < -0.39 is 0 Å². The second-order valence-corrected chi connectivity index (χ2v) is 5.11. The Labute approximate surface area is 112 Å². The number of hydrogen-bond donors (Lipinski definition) is 2. The first-order valence-corrected chi connectivity index (χ1v) is 6.43. The summed E-state index contributed by atoms with van der Waals surface area (Å²) in [5.74, 6) is 0.852. The fourth-order valence-corrected chi connectivity index (χ4v) is 2.86. The fraction of sp³-hybridized carbons (Fsp3) is 0.417. The van der Waals surface area contributed by atoms with Crippen molar-refractivity contribution in [3.8, 4) is 0 Å². The first-order valence-electron chi connectivity index (χ1n) is 5.44. The molecule has 5 heteroatoms. The van der Waals surface area contributed by atoms with Crippen molar-refractivity contribution >= 4 is 30.1 Å². The largest absolute Gasteiger partial charge is 0.348 e. The molecule has 3 N–H and O–H groups in total. The Bertz CT molecular complexity index is 400. The van der Waals surface area contributed by atoms with Crippen LogP contribution >= 0.6 is 24.2 Å². The second kappa shape index (κ2) is 6.28. The van der Waals surface area contributed by atoms with E-state index in [0.717, 1.165) is 5.75 Å². The van der Waals surface area contributed by atoms with Crippen LogP contribution in [0.15, 0.2) is 29.2 Å². The molecule has 0 saturated carbocycles.